The van der Waals surface area contributed by atoms with Crippen LogP contribution in [-0.4, -0.2) is 58.9 Å². The standard InChI is InChI=1S/C18H25N5O5S/c1-29(26,27)21-9-6-13(7-10-21)17(24)19-8-11-22-18(25)23(14-4-5-14)16(20-22)15-3-2-12-28-15/h2-3,12-14H,4-11H2,1H3,(H,19,24). The van der Waals surface area contributed by atoms with Crippen LogP contribution in [0.3, 0.4) is 0 Å². The second-order valence-electron chi connectivity index (χ2n) is 7.64. The molecule has 0 unspecified atom stereocenters. The van der Waals surface area contributed by atoms with E-state index in [1.165, 1.54) is 15.2 Å². The number of sulfonamides is 1. The molecule has 10 nitrogen and oxygen atoms in total. The van der Waals surface area contributed by atoms with Gasteiger partial charge in [0.05, 0.1) is 19.1 Å². The van der Waals surface area contributed by atoms with Gasteiger partial charge in [0, 0.05) is 31.6 Å². The van der Waals surface area contributed by atoms with E-state index in [0.29, 0.717) is 37.5 Å². The van der Waals surface area contributed by atoms with Gasteiger partial charge < -0.3 is 9.73 Å². The maximum atomic E-state index is 12.7. The number of carbonyl (C=O) groups excluding carboxylic acids is 1. The largest absolute Gasteiger partial charge is 0.461 e. The Kier molecular flexibility index (Phi) is 5.34. The first-order chi connectivity index (χ1) is 13.8. The SMILES string of the molecule is CS(=O)(=O)N1CCC(C(=O)NCCn2nc(-c3ccco3)n(C3CC3)c2=O)CC1. The summed E-state index contributed by atoms with van der Waals surface area (Å²) in [4.78, 5) is 25.1. The number of hydrogen-bond donors (Lipinski definition) is 1. The fourth-order valence-electron chi connectivity index (χ4n) is 3.68. The van der Waals surface area contributed by atoms with Crippen molar-refractivity contribution in [3.8, 4) is 11.6 Å². The van der Waals surface area contributed by atoms with Crippen molar-refractivity contribution in [3.63, 3.8) is 0 Å². The molecule has 2 aliphatic rings. The lowest BCUT2D eigenvalue weighted by Gasteiger charge is -2.29. The minimum absolute atomic E-state index is 0.112. The molecule has 1 saturated heterocycles. The zero-order valence-electron chi connectivity index (χ0n) is 16.3. The summed E-state index contributed by atoms with van der Waals surface area (Å²) < 4.78 is 33.0. The van der Waals surface area contributed by atoms with Crippen LogP contribution in [0, 0.1) is 5.92 Å². The predicted molar refractivity (Wildman–Crippen MR) is 105 cm³/mol. The van der Waals surface area contributed by atoms with E-state index < -0.39 is 10.0 Å². The lowest BCUT2D eigenvalue weighted by Crippen LogP contribution is -2.43. The monoisotopic (exact) mass is 423 g/mol. The molecule has 1 saturated carbocycles. The second kappa shape index (κ2) is 7.79. The molecule has 29 heavy (non-hydrogen) atoms. The number of furan rings is 1. The molecule has 3 heterocycles. The summed E-state index contributed by atoms with van der Waals surface area (Å²) in [7, 11) is -3.21. The molecule has 1 N–H and O–H groups in total. The van der Waals surface area contributed by atoms with Gasteiger partial charge in [-0.25, -0.2) is 22.2 Å². The van der Waals surface area contributed by atoms with Gasteiger partial charge in [-0.05, 0) is 37.8 Å². The smallest absolute Gasteiger partial charge is 0.346 e. The predicted octanol–water partition coefficient (Wildman–Crippen LogP) is 0.428. The third-order valence-electron chi connectivity index (χ3n) is 5.44. The van der Waals surface area contributed by atoms with Crippen molar-refractivity contribution in [3.05, 3.63) is 28.9 Å². The van der Waals surface area contributed by atoms with Crippen LogP contribution in [0.25, 0.3) is 11.6 Å². The number of aromatic nitrogens is 3. The summed E-state index contributed by atoms with van der Waals surface area (Å²) in [5, 5.41) is 7.26. The van der Waals surface area contributed by atoms with Gasteiger partial charge in [0.15, 0.2) is 5.76 Å². The highest BCUT2D eigenvalue weighted by atomic mass is 32.2. The fraction of sp³-hybridized carbons (Fsp3) is 0.611. The Morgan fingerprint density at radius 2 is 2.00 bits per heavy atom. The van der Waals surface area contributed by atoms with Gasteiger partial charge in [-0.15, -0.1) is 5.10 Å². The van der Waals surface area contributed by atoms with Gasteiger partial charge >= 0.3 is 5.69 Å². The maximum absolute atomic E-state index is 12.7. The number of hydrogen-bond acceptors (Lipinski definition) is 6. The molecular formula is C18H25N5O5S. The van der Waals surface area contributed by atoms with Crippen LogP contribution in [0.5, 0.6) is 0 Å². The van der Waals surface area contributed by atoms with Gasteiger partial charge in [-0.3, -0.25) is 9.36 Å². The Hall–Kier alpha value is -2.40. The van der Waals surface area contributed by atoms with E-state index in [1.807, 2.05) is 0 Å². The first-order valence-corrected chi connectivity index (χ1v) is 11.7. The number of piperidine rings is 1. The topological polar surface area (TPSA) is 119 Å². The van der Waals surface area contributed by atoms with E-state index in [-0.39, 0.29) is 36.6 Å². The van der Waals surface area contributed by atoms with Gasteiger partial charge in [-0.2, -0.15) is 0 Å². The van der Waals surface area contributed by atoms with Crippen LogP contribution >= 0.6 is 0 Å². The van der Waals surface area contributed by atoms with Crippen molar-refractivity contribution in [2.75, 3.05) is 25.9 Å². The van der Waals surface area contributed by atoms with Crippen molar-refractivity contribution in [1.82, 2.24) is 24.0 Å². The Morgan fingerprint density at radius 1 is 1.28 bits per heavy atom. The van der Waals surface area contributed by atoms with E-state index in [1.54, 1.807) is 23.0 Å². The normalized spacial score (nSPS) is 18.8. The minimum Gasteiger partial charge on any atom is -0.461 e. The maximum Gasteiger partial charge on any atom is 0.346 e. The number of nitrogens with zero attached hydrogens (tertiary/aromatic N) is 4. The van der Waals surface area contributed by atoms with E-state index in [2.05, 4.69) is 10.4 Å². The molecule has 2 fully saturated rings. The van der Waals surface area contributed by atoms with Crippen molar-refractivity contribution in [1.29, 1.82) is 0 Å². The van der Waals surface area contributed by atoms with Crippen LogP contribution < -0.4 is 11.0 Å². The van der Waals surface area contributed by atoms with E-state index in [4.69, 9.17) is 4.42 Å². The van der Waals surface area contributed by atoms with E-state index in [0.717, 1.165) is 12.8 Å². The number of amides is 1. The molecule has 2 aromatic rings. The zero-order valence-corrected chi connectivity index (χ0v) is 17.1. The molecule has 1 amide bonds. The van der Waals surface area contributed by atoms with Crippen molar-refractivity contribution < 1.29 is 17.6 Å². The summed E-state index contributed by atoms with van der Waals surface area (Å²) in [6, 6.07) is 3.69. The Bertz CT molecular complexity index is 1030. The summed E-state index contributed by atoms with van der Waals surface area (Å²) in [5.74, 6) is 0.739. The highest BCUT2D eigenvalue weighted by molar-refractivity contribution is 7.88. The molecule has 1 aliphatic carbocycles. The number of rotatable bonds is 7. The van der Waals surface area contributed by atoms with E-state index in [9.17, 15) is 18.0 Å². The lowest BCUT2D eigenvalue weighted by atomic mass is 9.97. The molecular weight excluding hydrogens is 398 g/mol. The Labute approximate surface area is 168 Å². The third kappa shape index (κ3) is 4.30. The van der Waals surface area contributed by atoms with Gasteiger partial charge in [0.25, 0.3) is 0 Å². The van der Waals surface area contributed by atoms with Crippen molar-refractivity contribution >= 4 is 15.9 Å². The lowest BCUT2D eigenvalue weighted by molar-refractivity contribution is -0.126. The average Bonchev–Trinajstić information content (AvgIpc) is 3.26. The molecule has 2 aromatic heterocycles. The molecule has 1 aliphatic heterocycles. The van der Waals surface area contributed by atoms with Crippen LogP contribution in [0.2, 0.25) is 0 Å². The van der Waals surface area contributed by atoms with Gasteiger partial charge in [0.2, 0.25) is 21.8 Å². The minimum atomic E-state index is -3.21. The van der Waals surface area contributed by atoms with Crippen LogP contribution in [0.1, 0.15) is 31.7 Å². The van der Waals surface area contributed by atoms with Gasteiger partial charge in [-0.1, -0.05) is 0 Å². The highest BCUT2D eigenvalue weighted by Gasteiger charge is 2.31. The Morgan fingerprint density at radius 3 is 2.59 bits per heavy atom. The highest BCUT2D eigenvalue weighted by Crippen LogP contribution is 2.36. The molecule has 158 valence electrons. The molecule has 0 atom stereocenters. The van der Waals surface area contributed by atoms with Crippen molar-refractivity contribution in [2.24, 2.45) is 5.92 Å². The van der Waals surface area contributed by atoms with Crippen LogP contribution in [-0.2, 0) is 21.4 Å². The van der Waals surface area contributed by atoms with Crippen LogP contribution in [0.15, 0.2) is 27.6 Å². The first-order valence-electron chi connectivity index (χ1n) is 9.80. The molecule has 0 spiro atoms. The first kappa shape index (κ1) is 19.9. The second-order valence-corrected chi connectivity index (χ2v) is 9.62. The number of carbonyl (C=O) groups is 1. The third-order valence-corrected chi connectivity index (χ3v) is 6.74. The number of nitrogens with one attached hydrogen (secondary N) is 1. The van der Waals surface area contributed by atoms with Crippen molar-refractivity contribution in [2.45, 2.75) is 38.3 Å². The molecule has 0 aromatic carbocycles. The molecule has 11 heteroatoms. The summed E-state index contributed by atoms with van der Waals surface area (Å²) in [6.07, 6.45) is 5.62. The van der Waals surface area contributed by atoms with Crippen LogP contribution in [0.4, 0.5) is 0 Å². The zero-order chi connectivity index (χ0) is 20.6. The Balaban J connectivity index is 1.35. The molecule has 4 rings (SSSR count). The summed E-state index contributed by atoms with van der Waals surface area (Å²) >= 11 is 0. The van der Waals surface area contributed by atoms with Gasteiger partial charge in [0.1, 0.15) is 0 Å². The summed E-state index contributed by atoms with van der Waals surface area (Å²) in [5.41, 5.74) is -0.199. The van der Waals surface area contributed by atoms with E-state index >= 15 is 0 Å². The average molecular weight is 423 g/mol. The summed E-state index contributed by atoms with van der Waals surface area (Å²) in [6.45, 7) is 1.26. The quantitative estimate of drug-likeness (QED) is 0.690. The molecule has 0 radical (unpaired) electrons. The fourth-order valence-corrected chi connectivity index (χ4v) is 4.55. The molecule has 0 bridgehead atoms.